The molecule has 0 saturated heterocycles. The zero-order valence-electron chi connectivity index (χ0n) is 16.5. The van der Waals surface area contributed by atoms with E-state index in [1.54, 1.807) is 30.3 Å². The average Bonchev–Trinajstić information content (AvgIpc) is 2.67. The number of quaternary nitrogens is 1. The molecule has 0 saturated carbocycles. The van der Waals surface area contributed by atoms with E-state index in [0.717, 1.165) is 29.4 Å². The highest BCUT2D eigenvalue weighted by Gasteiger charge is 2.13. The van der Waals surface area contributed by atoms with Gasteiger partial charge in [0.1, 0.15) is 5.82 Å². The smallest absolute Gasteiger partial charge is 0.251 e. The van der Waals surface area contributed by atoms with Crippen molar-refractivity contribution in [1.29, 1.82) is 0 Å². The molecule has 7 heteroatoms. The first-order valence-corrected chi connectivity index (χ1v) is 10.2. The molecule has 0 heterocycles. The number of benzene rings is 2. The van der Waals surface area contributed by atoms with E-state index in [-0.39, 0.29) is 17.6 Å². The summed E-state index contributed by atoms with van der Waals surface area (Å²) in [6.45, 7) is 9.18. The first-order chi connectivity index (χ1) is 13.4. The Morgan fingerprint density at radius 2 is 1.75 bits per heavy atom. The quantitative estimate of drug-likeness (QED) is 0.602. The molecule has 2 rings (SSSR count). The second-order valence-electron chi connectivity index (χ2n) is 6.41. The summed E-state index contributed by atoms with van der Waals surface area (Å²) in [4.78, 5) is 27.1. The standard InChI is InChI=1S/C21H26FN3O2S/c1-4-25(5-2)13-12-23-21(27)16-6-11-20(19(14-16)24-15(3)26)28-18-9-7-17(22)8-10-18/h6-11,14H,4-5,12-13H2,1-3H3,(H,23,27)(H,24,26)/p+1. The second-order valence-corrected chi connectivity index (χ2v) is 7.53. The first-order valence-electron chi connectivity index (χ1n) is 9.39. The van der Waals surface area contributed by atoms with Crippen molar-refractivity contribution in [3.63, 3.8) is 0 Å². The number of rotatable bonds is 9. The van der Waals surface area contributed by atoms with E-state index in [1.807, 2.05) is 0 Å². The summed E-state index contributed by atoms with van der Waals surface area (Å²) in [6.07, 6.45) is 0. The van der Waals surface area contributed by atoms with Crippen LogP contribution in [0, 0.1) is 5.82 Å². The third-order valence-corrected chi connectivity index (χ3v) is 5.44. The molecule has 0 unspecified atom stereocenters. The maximum absolute atomic E-state index is 13.1. The van der Waals surface area contributed by atoms with Gasteiger partial charge in [0.05, 0.1) is 31.9 Å². The minimum absolute atomic E-state index is 0.170. The van der Waals surface area contributed by atoms with Crippen molar-refractivity contribution in [3.05, 3.63) is 53.8 Å². The molecule has 2 aromatic carbocycles. The van der Waals surface area contributed by atoms with E-state index < -0.39 is 0 Å². The molecule has 0 bridgehead atoms. The van der Waals surface area contributed by atoms with Crippen molar-refractivity contribution >= 4 is 29.3 Å². The largest absolute Gasteiger partial charge is 0.346 e. The maximum Gasteiger partial charge on any atom is 0.251 e. The molecule has 5 nitrogen and oxygen atoms in total. The number of anilines is 1. The van der Waals surface area contributed by atoms with E-state index in [4.69, 9.17) is 0 Å². The molecular weight excluding hydrogens is 377 g/mol. The van der Waals surface area contributed by atoms with Gasteiger partial charge in [-0.1, -0.05) is 11.8 Å². The first kappa shape index (κ1) is 21.9. The van der Waals surface area contributed by atoms with E-state index >= 15 is 0 Å². The number of amides is 2. The van der Waals surface area contributed by atoms with Crippen LogP contribution in [-0.2, 0) is 4.79 Å². The third-order valence-electron chi connectivity index (χ3n) is 4.36. The average molecular weight is 405 g/mol. The Kier molecular flexibility index (Phi) is 8.47. The molecule has 0 aliphatic rings. The van der Waals surface area contributed by atoms with Crippen LogP contribution < -0.4 is 15.5 Å². The van der Waals surface area contributed by atoms with E-state index in [9.17, 15) is 14.0 Å². The maximum atomic E-state index is 13.1. The van der Waals surface area contributed by atoms with Gasteiger partial charge in [-0.25, -0.2) is 4.39 Å². The van der Waals surface area contributed by atoms with Gasteiger partial charge in [-0.2, -0.15) is 0 Å². The molecule has 0 aliphatic carbocycles. The summed E-state index contributed by atoms with van der Waals surface area (Å²) in [6, 6.07) is 11.3. The fourth-order valence-corrected chi connectivity index (χ4v) is 3.62. The van der Waals surface area contributed by atoms with Crippen LogP contribution >= 0.6 is 11.8 Å². The molecular formula is C21H27FN3O2S+. The lowest BCUT2D eigenvalue weighted by Crippen LogP contribution is -3.12. The number of nitrogens with one attached hydrogen (secondary N) is 3. The molecule has 0 radical (unpaired) electrons. The predicted molar refractivity (Wildman–Crippen MR) is 111 cm³/mol. The molecule has 150 valence electrons. The van der Waals surface area contributed by atoms with Crippen LogP contribution in [0.5, 0.6) is 0 Å². The highest BCUT2D eigenvalue weighted by Crippen LogP contribution is 2.34. The summed E-state index contributed by atoms with van der Waals surface area (Å²) >= 11 is 1.40. The van der Waals surface area contributed by atoms with Gasteiger partial charge in [-0.15, -0.1) is 0 Å². The Bertz CT molecular complexity index is 808. The number of hydrogen-bond donors (Lipinski definition) is 3. The fourth-order valence-electron chi connectivity index (χ4n) is 2.74. The van der Waals surface area contributed by atoms with Crippen LogP contribution in [0.2, 0.25) is 0 Å². The van der Waals surface area contributed by atoms with Crippen molar-refractivity contribution in [2.24, 2.45) is 0 Å². The van der Waals surface area contributed by atoms with Crippen LogP contribution in [0.1, 0.15) is 31.1 Å². The van der Waals surface area contributed by atoms with Crippen molar-refractivity contribution in [2.75, 3.05) is 31.5 Å². The molecule has 3 N–H and O–H groups in total. The van der Waals surface area contributed by atoms with Gasteiger partial charge in [-0.3, -0.25) is 9.59 Å². The van der Waals surface area contributed by atoms with Crippen LogP contribution in [0.4, 0.5) is 10.1 Å². The van der Waals surface area contributed by atoms with Gasteiger partial charge in [-0.05, 0) is 56.3 Å². The molecule has 0 atom stereocenters. The summed E-state index contributed by atoms with van der Waals surface area (Å²) < 4.78 is 13.1. The van der Waals surface area contributed by atoms with Crippen molar-refractivity contribution in [1.82, 2.24) is 5.32 Å². The summed E-state index contributed by atoms with van der Waals surface area (Å²) in [5.74, 6) is -0.690. The van der Waals surface area contributed by atoms with Crippen molar-refractivity contribution in [3.8, 4) is 0 Å². The minimum atomic E-state index is -0.301. The zero-order chi connectivity index (χ0) is 20.5. The third kappa shape index (κ3) is 6.65. The highest BCUT2D eigenvalue weighted by atomic mass is 32.2. The molecule has 28 heavy (non-hydrogen) atoms. The van der Waals surface area contributed by atoms with E-state index in [0.29, 0.717) is 17.8 Å². The lowest BCUT2D eigenvalue weighted by atomic mass is 10.2. The predicted octanol–water partition coefficient (Wildman–Crippen LogP) is 2.59. The SMILES string of the molecule is CC[NH+](CC)CCNC(=O)c1ccc(Sc2ccc(F)cc2)c(NC(C)=O)c1. The normalized spacial score (nSPS) is 10.8. The topological polar surface area (TPSA) is 62.6 Å². The van der Waals surface area contributed by atoms with Gasteiger partial charge in [0, 0.05) is 22.3 Å². The molecule has 2 amide bonds. The van der Waals surface area contributed by atoms with Gasteiger partial charge >= 0.3 is 0 Å². The van der Waals surface area contributed by atoms with Crippen LogP contribution in [-0.4, -0.2) is 38.0 Å². The van der Waals surface area contributed by atoms with Crippen LogP contribution in [0.15, 0.2) is 52.3 Å². The highest BCUT2D eigenvalue weighted by molar-refractivity contribution is 7.99. The second kappa shape index (κ2) is 10.8. The molecule has 0 aliphatic heterocycles. The zero-order valence-corrected chi connectivity index (χ0v) is 17.3. The monoisotopic (exact) mass is 404 g/mol. The van der Waals surface area contributed by atoms with E-state index in [1.165, 1.54) is 35.7 Å². The van der Waals surface area contributed by atoms with E-state index in [2.05, 4.69) is 24.5 Å². The van der Waals surface area contributed by atoms with Gasteiger partial charge in [0.2, 0.25) is 5.91 Å². The van der Waals surface area contributed by atoms with Gasteiger partial charge in [0.15, 0.2) is 0 Å². The number of halogens is 1. The Balaban J connectivity index is 2.12. The Morgan fingerprint density at radius 3 is 2.36 bits per heavy atom. The number of hydrogen-bond acceptors (Lipinski definition) is 3. The fraction of sp³-hybridized carbons (Fsp3) is 0.333. The lowest BCUT2D eigenvalue weighted by molar-refractivity contribution is -0.895. The van der Waals surface area contributed by atoms with Crippen molar-refractivity contribution in [2.45, 2.75) is 30.6 Å². The number of carbonyl (C=O) groups excluding carboxylic acids is 2. The lowest BCUT2D eigenvalue weighted by Gasteiger charge is -2.16. The Labute approximate surface area is 169 Å². The molecule has 2 aromatic rings. The Morgan fingerprint density at radius 1 is 1.07 bits per heavy atom. The summed E-state index contributed by atoms with van der Waals surface area (Å²) in [5.41, 5.74) is 1.05. The van der Waals surface area contributed by atoms with Crippen LogP contribution in [0.25, 0.3) is 0 Å². The molecule has 0 fully saturated rings. The van der Waals surface area contributed by atoms with Gasteiger partial charge < -0.3 is 15.5 Å². The summed E-state index contributed by atoms with van der Waals surface area (Å²) in [7, 11) is 0. The van der Waals surface area contributed by atoms with Crippen LogP contribution in [0.3, 0.4) is 0 Å². The van der Waals surface area contributed by atoms with Crippen molar-refractivity contribution < 1.29 is 18.9 Å². The number of carbonyl (C=O) groups is 2. The van der Waals surface area contributed by atoms with Gasteiger partial charge in [0.25, 0.3) is 5.91 Å². The molecule has 0 aromatic heterocycles. The number of likely N-dealkylation sites (N-methyl/N-ethyl adjacent to an activating group) is 1. The minimum Gasteiger partial charge on any atom is -0.346 e. The molecule has 0 spiro atoms. The Hall–Kier alpha value is -2.38. The summed E-state index contributed by atoms with van der Waals surface area (Å²) in [5, 5.41) is 5.71.